The van der Waals surface area contributed by atoms with Gasteiger partial charge in [-0.15, -0.1) is 0 Å². The summed E-state index contributed by atoms with van der Waals surface area (Å²) in [5, 5.41) is 5.21. The quantitative estimate of drug-likeness (QED) is 0.747. The molecule has 0 spiro atoms. The minimum atomic E-state index is -0.0123. The standard InChI is InChI=1S/C17H16N2O/c1-12(20)18-10-4-5-13-8-9-17-15(11-13)14-6-2-3-7-16(14)19-17/h2-9,11,19H,10H2,1H3,(H,18,20). The smallest absolute Gasteiger partial charge is 0.217 e. The molecule has 3 nitrogen and oxygen atoms in total. The van der Waals surface area contributed by atoms with E-state index in [1.165, 1.54) is 17.7 Å². The zero-order chi connectivity index (χ0) is 13.9. The number of hydrogen-bond acceptors (Lipinski definition) is 1. The van der Waals surface area contributed by atoms with Gasteiger partial charge in [0, 0.05) is 35.3 Å². The molecule has 0 aliphatic rings. The number of carbonyl (C=O) groups is 1. The van der Waals surface area contributed by atoms with Crippen LogP contribution in [0.3, 0.4) is 0 Å². The minimum Gasteiger partial charge on any atom is -0.355 e. The first kappa shape index (κ1) is 12.5. The van der Waals surface area contributed by atoms with Gasteiger partial charge in [-0.05, 0) is 23.8 Å². The van der Waals surface area contributed by atoms with E-state index in [1.54, 1.807) is 0 Å². The fourth-order valence-corrected chi connectivity index (χ4v) is 2.37. The van der Waals surface area contributed by atoms with E-state index < -0.39 is 0 Å². The number of aromatic amines is 1. The van der Waals surface area contributed by atoms with E-state index in [9.17, 15) is 4.79 Å². The summed E-state index contributed by atoms with van der Waals surface area (Å²) in [5.74, 6) is -0.0123. The number of aromatic nitrogens is 1. The highest BCUT2D eigenvalue weighted by Gasteiger charge is 2.03. The molecule has 3 heteroatoms. The Morgan fingerprint density at radius 1 is 1.15 bits per heavy atom. The molecule has 20 heavy (non-hydrogen) atoms. The first-order valence-electron chi connectivity index (χ1n) is 6.65. The van der Waals surface area contributed by atoms with Crippen molar-refractivity contribution >= 4 is 33.8 Å². The number of nitrogens with one attached hydrogen (secondary N) is 2. The second kappa shape index (κ2) is 5.21. The summed E-state index contributed by atoms with van der Waals surface area (Å²) in [7, 11) is 0. The van der Waals surface area contributed by atoms with Crippen molar-refractivity contribution in [3.63, 3.8) is 0 Å². The molecule has 0 unspecified atom stereocenters. The number of para-hydroxylation sites is 1. The summed E-state index contributed by atoms with van der Waals surface area (Å²) in [6.45, 7) is 2.08. The van der Waals surface area contributed by atoms with Gasteiger partial charge in [0.2, 0.25) is 5.91 Å². The number of H-pyrrole nitrogens is 1. The van der Waals surface area contributed by atoms with Crippen molar-refractivity contribution in [3.05, 3.63) is 54.1 Å². The van der Waals surface area contributed by atoms with Crippen LogP contribution in [0.5, 0.6) is 0 Å². The van der Waals surface area contributed by atoms with Gasteiger partial charge >= 0.3 is 0 Å². The molecule has 0 radical (unpaired) electrons. The first-order valence-corrected chi connectivity index (χ1v) is 6.65. The van der Waals surface area contributed by atoms with Crippen LogP contribution in [-0.4, -0.2) is 17.4 Å². The van der Waals surface area contributed by atoms with Crippen LogP contribution in [0.15, 0.2) is 48.5 Å². The van der Waals surface area contributed by atoms with E-state index in [-0.39, 0.29) is 5.91 Å². The van der Waals surface area contributed by atoms with Gasteiger partial charge in [-0.1, -0.05) is 36.4 Å². The van der Waals surface area contributed by atoms with Crippen molar-refractivity contribution in [3.8, 4) is 0 Å². The molecule has 1 amide bonds. The fourth-order valence-electron chi connectivity index (χ4n) is 2.37. The predicted octanol–water partition coefficient (Wildman–Crippen LogP) is 3.47. The molecule has 0 bridgehead atoms. The second-order valence-corrected chi connectivity index (χ2v) is 4.82. The van der Waals surface area contributed by atoms with Crippen LogP contribution in [0, 0.1) is 0 Å². The zero-order valence-electron chi connectivity index (χ0n) is 11.3. The Labute approximate surface area is 117 Å². The number of fused-ring (bicyclic) bond motifs is 3. The molecule has 0 aliphatic heterocycles. The average Bonchev–Trinajstić information content (AvgIpc) is 2.81. The first-order chi connectivity index (χ1) is 9.74. The fraction of sp³-hybridized carbons (Fsp3) is 0.118. The molecule has 0 saturated heterocycles. The van der Waals surface area contributed by atoms with Gasteiger partial charge in [0.15, 0.2) is 0 Å². The molecule has 1 heterocycles. The molecular weight excluding hydrogens is 248 g/mol. The van der Waals surface area contributed by atoms with Gasteiger partial charge in [0.05, 0.1) is 0 Å². The molecule has 3 aromatic rings. The van der Waals surface area contributed by atoms with E-state index in [2.05, 4.69) is 46.7 Å². The molecule has 0 aliphatic carbocycles. The maximum Gasteiger partial charge on any atom is 0.217 e. The summed E-state index contributed by atoms with van der Waals surface area (Å²) < 4.78 is 0. The van der Waals surface area contributed by atoms with Crippen molar-refractivity contribution in [1.82, 2.24) is 10.3 Å². The molecule has 1 aromatic heterocycles. The van der Waals surface area contributed by atoms with Gasteiger partial charge in [-0.2, -0.15) is 0 Å². The highest BCUT2D eigenvalue weighted by atomic mass is 16.1. The zero-order valence-corrected chi connectivity index (χ0v) is 11.3. The van der Waals surface area contributed by atoms with E-state index in [0.717, 1.165) is 16.6 Å². The molecule has 0 saturated carbocycles. The Hall–Kier alpha value is -2.55. The third kappa shape index (κ3) is 2.43. The van der Waals surface area contributed by atoms with E-state index in [0.29, 0.717) is 6.54 Å². The third-order valence-corrected chi connectivity index (χ3v) is 3.31. The van der Waals surface area contributed by atoms with Crippen LogP contribution >= 0.6 is 0 Å². The lowest BCUT2D eigenvalue weighted by Gasteiger charge is -1.97. The van der Waals surface area contributed by atoms with Crippen molar-refractivity contribution in [1.29, 1.82) is 0 Å². The van der Waals surface area contributed by atoms with Gasteiger partial charge < -0.3 is 10.3 Å². The number of carbonyl (C=O) groups excluding carboxylic acids is 1. The maximum atomic E-state index is 10.8. The van der Waals surface area contributed by atoms with Crippen LogP contribution in [0.2, 0.25) is 0 Å². The molecule has 3 rings (SSSR count). The third-order valence-electron chi connectivity index (χ3n) is 3.31. The molecule has 100 valence electrons. The number of rotatable bonds is 3. The van der Waals surface area contributed by atoms with Crippen molar-refractivity contribution in [2.75, 3.05) is 6.54 Å². The predicted molar refractivity (Wildman–Crippen MR) is 83.5 cm³/mol. The largest absolute Gasteiger partial charge is 0.355 e. The molecule has 2 aromatic carbocycles. The van der Waals surface area contributed by atoms with Crippen molar-refractivity contribution in [2.24, 2.45) is 0 Å². The van der Waals surface area contributed by atoms with Gasteiger partial charge in [0.25, 0.3) is 0 Å². The van der Waals surface area contributed by atoms with Crippen LogP contribution < -0.4 is 5.32 Å². The molecule has 0 fully saturated rings. The van der Waals surface area contributed by atoms with Crippen LogP contribution in [0.25, 0.3) is 27.9 Å². The van der Waals surface area contributed by atoms with Gasteiger partial charge in [-0.3, -0.25) is 4.79 Å². The summed E-state index contributed by atoms with van der Waals surface area (Å²) in [5.41, 5.74) is 3.43. The summed E-state index contributed by atoms with van der Waals surface area (Å²) in [6.07, 6.45) is 3.98. The van der Waals surface area contributed by atoms with E-state index >= 15 is 0 Å². The highest BCUT2D eigenvalue weighted by molar-refractivity contribution is 6.07. The Morgan fingerprint density at radius 2 is 1.95 bits per heavy atom. The molecular formula is C17H16N2O. The van der Waals surface area contributed by atoms with Crippen LogP contribution in [0.4, 0.5) is 0 Å². The van der Waals surface area contributed by atoms with E-state index in [1.807, 2.05) is 18.2 Å². The minimum absolute atomic E-state index is 0.0123. The lowest BCUT2D eigenvalue weighted by atomic mass is 10.1. The molecule has 2 N–H and O–H groups in total. The van der Waals surface area contributed by atoms with Crippen LogP contribution in [-0.2, 0) is 4.79 Å². The Kier molecular flexibility index (Phi) is 3.25. The second-order valence-electron chi connectivity index (χ2n) is 4.82. The average molecular weight is 264 g/mol. The van der Waals surface area contributed by atoms with Crippen LogP contribution in [0.1, 0.15) is 12.5 Å². The SMILES string of the molecule is CC(=O)NCC=Cc1ccc2[nH]c3ccccc3c2c1. The van der Waals surface area contributed by atoms with Gasteiger partial charge in [0.1, 0.15) is 0 Å². The van der Waals surface area contributed by atoms with Crippen molar-refractivity contribution in [2.45, 2.75) is 6.92 Å². The van der Waals surface area contributed by atoms with Crippen molar-refractivity contribution < 1.29 is 4.79 Å². The molecule has 0 atom stereocenters. The summed E-state index contributed by atoms with van der Waals surface area (Å²) in [6, 6.07) is 14.6. The monoisotopic (exact) mass is 264 g/mol. The Morgan fingerprint density at radius 3 is 2.80 bits per heavy atom. The van der Waals surface area contributed by atoms with E-state index in [4.69, 9.17) is 0 Å². The topological polar surface area (TPSA) is 44.9 Å². The summed E-state index contributed by atoms with van der Waals surface area (Å²) in [4.78, 5) is 14.2. The Balaban J connectivity index is 1.93. The highest BCUT2D eigenvalue weighted by Crippen LogP contribution is 2.26. The normalized spacial score (nSPS) is 11.4. The van der Waals surface area contributed by atoms with Gasteiger partial charge in [-0.25, -0.2) is 0 Å². The summed E-state index contributed by atoms with van der Waals surface area (Å²) >= 11 is 0. The number of hydrogen-bond donors (Lipinski definition) is 2. The number of amides is 1. The maximum absolute atomic E-state index is 10.8. The Bertz CT molecular complexity index is 799. The lowest BCUT2D eigenvalue weighted by molar-refractivity contribution is -0.118. The lowest BCUT2D eigenvalue weighted by Crippen LogP contribution is -2.19. The number of benzene rings is 2.